The first kappa shape index (κ1) is 18.3. The summed E-state index contributed by atoms with van der Waals surface area (Å²) in [4.78, 5) is 24.3. The first-order valence-electron chi connectivity index (χ1n) is 7.89. The predicted octanol–water partition coefficient (Wildman–Crippen LogP) is 3.10. The quantitative estimate of drug-likeness (QED) is 0.615. The SMILES string of the molecule is CCN1C(=O)CCc2cc(Nc3sc(S(C)(=O)=O)cc3[N+](=O)[O-])ccc21. The number of carbonyl (C=O) groups excluding carboxylic acids is 1. The number of benzene rings is 1. The van der Waals surface area contributed by atoms with Crippen LogP contribution in [-0.2, 0) is 21.1 Å². The van der Waals surface area contributed by atoms with Crippen molar-refractivity contribution in [2.24, 2.45) is 0 Å². The first-order chi connectivity index (χ1) is 12.2. The Labute approximate surface area is 154 Å². The number of hydrogen-bond donors (Lipinski definition) is 1. The van der Waals surface area contributed by atoms with E-state index in [1.165, 1.54) is 0 Å². The average Bonchev–Trinajstić information content (AvgIpc) is 2.99. The molecule has 0 spiro atoms. The lowest BCUT2D eigenvalue weighted by molar-refractivity contribution is -0.383. The van der Waals surface area contributed by atoms with Crippen LogP contribution in [0.3, 0.4) is 0 Å². The summed E-state index contributed by atoms with van der Waals surface area (Å²) in [6.45, 7) is 2.48. The highest BCUT2D eigenvalue weighted by atomic mass is 32.2. The highest BCUT2D eigenvalue weighted by Gasteiger charge is 2.25. The van der Waals surface area contributed by atoms with Crippen LogP contribution in [0.2, 0.25) is 0 Å². The summed E-state index contributed by atoms with van der Waals surface area (Å²) in [5, 5.41) is 14.3. The van der Waals surface area contributed by atoms with Crippen LogP contribution in [0.1, 0.15) is 18.9 Å². The summed E-state index contributed by atoms with van der Waals surface area (Å²) in [5.41, 5.74) is 2.14. The van der Waals surface area contributed by atoms with E-state index >= 15 is 0 Å². The normalized spacial score (nSPS) is 14.2. The summed E-state index contributed by atoms with van der Waals surface area (Å²) < 4.78 is 23.3. The third-order valence-corrected chi connectivity index (χ3v) is 6.95. The fraction of sp³-hybridized carbons (Fsp3) is 0.312. The van der Waals surface area contributed by atoms with Crippen molar-refractivity contribution in [3.05, 3.63) is 39.9 Å². The van der Waals surface area contributed by atoms with Crippen LogP contribution in [0, 0.1) is 10.1 Å². The molecule has 3 rings (SSSR count). The maximum absolute atomic E-state index is 12.0. The number of anilines is 3. The van der Waals surface area contributed by atoms with Crippen molar-refractivity contribution < 1.29 is 18.1 Å². The maximum atomic E-state index is 12.0. The van der Waals surface area contributed by atoms with E-state index < -0.39 is 14.8 Å². The van der Waals surface area contributed by atoms with Crippen LogP contribution in [0.5, 0.6) is 0 Å². The van der Waals surface area contributed by atoms with Crippen LogP contribution in [0.25, 0.3) is 0 Å². The van der Waals surface area contributed by atoms with E-state index in [1.807, 2.05) is 13.0 Å². The average molecular weight is 395 g/mol. The van der Waals surface area contributed by atoms with E-state index in [2.05, 4.69) is 5.32 Å². The minimum atomic E-state index is -3.53. The first-order valence-corrected chi connectivity index (χ1v) is 10.6. The molecule has 2 aromatic rings. The van der Waals surface area contributed by atoms with Gasteiger partial charge in [-0.25, -0.2) is 8.42 Å². The number of thiophene rings is 1. The van der Waals surface area contributed by atoms with E-state index in [1.54, 1.807) is 17.0 Å². The molecule has 0 fully saturated rings. The molecular weight excluding hydrogens is 378 g/mol. The zero-order valence-corrected chi connectivity index (χ0v) is 15.8. The molecule has 0 aliphatic carbocycles. The lowest BCUT2D eigenvalue weighted by Crippen LogP contribution is -2.34. The summed E-state index contributed by atoms with van der Waals surface area (Å²) in [7, 11) is -3.53. The molecule has 10 heteroatoms. The van der Waals surface area contributed by atoms with Crippen molar-refractivity contribution in [3.63, 3.8) is 0 Å². The third kappa shape index (κ3) is 3.42. The van der Waals surface area contributed by atoms with Gasteiger partial charge < -0.3 is 10.2 Å². The molecule has 0 radical (unpaired) electrons. The summed E-state index contributed by atoms with van der Waals surface area (Å²) in [6.07, 6.45) is 2.03. The fourth-order valence-corrected chi connectivity index (χ4v) is 4.84. The highest BCUT2D eigenvalue weighted by Crippen LogP contribution is 2.40. The number of fused-ring (bicyclic) bond motifs is 1. The van der Waals surface area contributed by atoms with E-state index in [9.17, 15) is 23.3 Å². The molecule has 26 heavy (non-hydrogen) atoms. The molecule has 1 amide bonds. The minimum absolute atomic E-state index is 0.0626. The largest absolute Gasteiger partial charge is 0.341 e. The van der Waals surface area contributed by atoms with Crippen LogP contribution < -0.4 is 10.2 Å². The monoisotopic (exact) mass is 395 g/mol. The molecule has 8 nitrogen and oxygen atoms in total. The Morgan fingerprint density at radius 1 is 1.31 bits per heavy atom. The standard InChI is InChI=1S/C16H17N3O5S2/c1-3-18-12-6-5-11(8-10(12)4-7-14(18)20)17-16-13(19(21)22)9-15(25-16)26(2,23)24/h5-6,8-9,17H,3-4,7H2,1-2H3. The molecule has 138 valence electrons. The number of hydrogen-bond acceptors (Lipinski definition) is 7. The van der Waals surface area contributed by atoms with Gasteiger partial charge in [-0.05, 0) is 37.1 Å². The Bertz CT molecular complexity index is 997. The molecule has 0 atom stereocenters. The zero-order valence-electron chi connectivity index (χ0n) is 14.2. The van der Waals surface area contributed by atoms with E-state index in [4.69, 9.17) is 0 Å². The second-order valence-corrected chi connectivity index (χ2v) is 9.21. The van der Waals surface area contributed by atoms with Gasteiger partial charge in [0.2, 0.25) is 5.91 Å². The Hall–Kier alpha value is -2.46. The predicted molar refractivity (Wildman–Crippen MR) is 100 cm³/mol. The summed E-state index contributed by atoms with van der Waals surface area (Å²) in [5.74, 6) is 0.0763. The molecule has 1 aromatic carbocycles. The molecule has 1 N–H and O–H groups in total. The molecular formula is C16H17N3O5S2. The molecule has 2 heterocycles. The maximum Gasteiger partial charge on any atom is 0.305 e. The van der Waals surface area contributed by atoms with Crippen LogP contribution >= 0.6 is 11.3 Å². The highest BCUT2D eigenvalue weighted by molar-refractivity contribution is 7.92. The van der Waals surface area contributed by atoms with Gasteiger partial charge in [0.25, 0.3) is 0 Å². The van der Waals surface area contributed by atoms with Crippen LogP contribution in [0.4, 0.5) is 22.1 Å². The van der Waals surface area contributed by atoms with Gasteiger partial charge in [-0.2, -0.15) is 0 Å². The number of rotatable bonds is 5. The number of nitrogens with one attached hydrogen (secondary N) is 1. The van der Waals surface area contributed by atoms with E-state index in [0.29, 0.717) is 25.1 Å². The van der Waals surface area contributed by atoms with Crippen LogP contribution in [0.15, 0.2) is 28.5 Å². The van der Waals surface area contributed by atoms with Gasteiger partial charge in [0.05, 0.1) is 4.92 Å². The zero-order chi connectivity index (χ0) is 19.1. The fourth-order valence-electron chi connectivity index (χ4n) is 2.88. The smallest absolute Gasteiger partial charge is 0.305 e. The second-order valence-electron chi connectivity index (χ2n) is 5.92. The van der Waals surface area contributed by atoms with E-state index in [-0.39, 0.29) is 20.8 Å². The molecule has 1 aliphatic heterocycles. The third-order valence-electron chi connectivity index (χ3n) is 4.11. The topological polar surface area (TPSA) is 110 Å². The Kier molecular flexibility index (Phi) is 4.72. The number of aryl methyl sites for hydroxylation is 1. The molecule has 0 saturated carbocycles. The van der Waals surface area contributed by atoms with Gasteiger partial charge in [0, 0.05) is 36.7 Å². The molecule has 0 unspecified atom stereocenters. The van der Waals surface area contributed by atoms with E-state index in [0.717, 1.165) is 34.9 Å². The minimum Gasteiger partial charge on any atom is -0.341 e. The van der Waals surface area contributed by atoms with Crippen molar-refractivity contribution >= 4 is 49.1 Å². The summed E-state index contributed by atoms with van der Waals surface area (Å²) in [6, 6.07) is 6.44. The van der Waals surface area contributed by atoms with Crippen molar-refractivity contribution in [2.75, 3.05) is 23.0 Å². The van der Waals surface area contributed by atoms with Crippen molar-refractivity contribution in [1.82, 2.24) is 0 Å². The molecule has 0 bridgehead atoms. The number of nitrogens with zero attached hydrogens (tertiary/aromatic N) is 2. The Morgan fingerprint density at radius 3 is 2.65 bits per heavy atom. The number of carbonyl (C=O) groups is 1. The Morgan fingerprint density at radius 2 is 2.04 bits per heavy atom. The van der Waals surface area contributed by atoms with Crippen molar-refractivity contribution in [2.45, 2.75) is 24.0 Å². The number of sulfone groups is 1. The van der Waals surface area contributed by atoms with Gasteiger partial charge in [-0.3, -0.25) is 14.9 Å². The second kappa shape index (κ2) is 6.69. The lowest BCUT2D eigenvalue weighted by Gasteiger charge is -2.28. The van der Waals surface area contributed by atoms with Crippen LogP contribution in [-0.4, -0.2) is 32.0 Å². The number of nitro groups is 1. The van der Waals surface area contributed by atoms with Crippen molar-refractivity contribution in [3.8, 4) is 0 Å². The Balaban J connectivity index is 1.96. The molecule has 1 aromatic heterocycles. The lowest BCUT2D eigenvalue weighted by atomic mass is 10.0. The van der Waals surface area contributed by atoms with Gasteiger partial charge >= 0.3 is 5.69 Å². The molecule has 1 aliphatic rings. The van der Waals surface area contributed by atoms with Gasteiger partial charge in [-0.15, -0.1) is 0 Å². The van der Waals surface area contributed by atoms with Gasteiger partial charge in [-0.1, -0.05) is 11.3 Å². The van der Waals surface area contributed by atoms with Gasteiger partial charge in [0.1, 0.15) is 4.21 Å². The molecule has 0 saturated heterocycles. The van der Waals surface area contributed by atoms with Crippen molar-refractivity contribution in [1.29, 1.82) is 0 Å². The summed E-state index contributed by atoms with van der Waals surface area (Å²) >= 11 is 0.827. The number of amides is 1. The van der Waals surface area contributed by atoms with Gasteiger partial charge in [0.15, 0.2) is 14.8 Å².